The molecule has 3 rings (SSSR count). The number of hydrogen-bond donors (Lipinski definition) is 2. The molecule has 0 saturated heterocycles. The summed E-state index contributed by atoms with van der Waals surface area (Å²) in [5, 5.41) is 13.6. The standard InChI is InChI=1S/C17H19NO2/c1-13-11-20-16-10-6-5-9-15(16)17(13,12-19)18-14-7-3-2-4-8-14/h2-10,13,18-19H,11-12H2,1H3. The van der Waals surface area contributed by atoms with Crippen molar-refractivity contribution in [2.75, 3.05) is 18.5 Å². The van der Waals surface area contributed by atoms with E-state index in [-0.39, 0.29) is 12.5 Å². The second-order valence-corrected chi connectivity index (χ2v) is 5.33. The van der Waals surface area contributed by atoms with E-state index >= 15 is 0 Å². The van der Waals surface area contributed by atoms with Crippen LogP contribution in [0.3, 0.4) is 0 Å². The molecule has 0 aliphatic carbocycles. The predicted octanol–water partition coefficient (Wildman–Crippen LogP) is 3.01. The molecule has 1 aliphatic rings. The molecule has 0 saturated carbocycles. The van der Waals surface area contributed by atoms with E-state index in [2.05, 4.69) is 12.2 Å². The van der Waals surface area contributed by atoms with Gasteiger partial charge in [0.2, 0.25) is 0 Å². The van der Waals surface area contributed by atoms with Gasteiger partial charge in [-0.1, -0.05) is 43.3 Å². The highest BCUT2D eigenvalue weighted by Gasteiger charge is 2.43. The van der Waals surface area contributed by atoms with Crippen LogP contribution in [0.15, 0.2) is 54.6 Å². The Labute approximate surface area is 119 Å². The van der Waals surface area contributed by atoms with E-state index in [4.69, 9.17) is 4.74 Å². The molecule has 3 nitrogen and oxygen atoms in total. The van der Waals surface area contributed by atoms with Crippen LogP contribution in [0.25, 0.3) is 0 Å². The Balaban J connectivity index is 2.06. The van der Waals surface area contributed by atoms with Gasteiger partial charge in [-0.2, -0.15) is 0 Å². The Morgan fingerprint density at radius 3 is 2.60 bits per heavy atom. The Kier molecular flexibility index (Phi) is 3.36. The van der Waals surface area contributed by atoms with Crippen molar-refractivity contribution >= 4 is 5.69 Å². The molecule has 0 aromatic heterocycles. The summed E-state index contributed by atoms with van der Waals surface area (Å²) >= 11 is 0. The number of aliphatic hydroxyl groups excluding tert-OH is 1. The van der Waals surface area contributed by atoms with Crippen molar-refractivity contribution in [1.82, 2.24) is 0 Å². The van der Waals surface area contributed by atoms with E-state index in [1.807, 2.05) is 54.6 Å². The number of hydrogen-bond acceptors (Lipinski definition) is 3. The molecular formula is C17H19NO2. The van der Waals surface area contributed by atoms with Crippen LogP contribution in [0.4, 0.5) is 5.69 Å². The van der Waals surface area contributed by atoms with Crippen LogP contribution in [0.2, 0.25) is 0 Å². The van der Waals surface area contributed by atoms with Gasteiger partial charge in [0.15, 0.2) is 0 Å². The molecule has 3 heteroatoms. The van der Waals surface area contributed by atoms with Gasteiger partial charge >= 0.3 is 0 Å². The van der Waals surface area contributed by atoms with Crippen LogP contribution in [-0.4, -0.2) is 18.3 Å². The van der Waals surface area contributed by atoms with Crippen LogP contribution >= 0.6 is 0 Å². The first-order chi connectivity index (χ1) is 9.76. The van der Waals surface area contributed by atoms with E-state index in [1.165, 1.54) is 0 Å². The summed E-state index contributed by atoms with van der Waals surface area (Å²) in [7, 11) is 0. The number of rotatable bonds is 3. The summed E-state index contributed by atoms with van der Waals surface area (Å²) in [6.45, 7) is 2.73. The third-order valence-electron chi connectivity index (χ3n) is 4.09. The number of para-hydroxylation sites is 2. The first-order valence-corrected chi connectivity index (χ1v) is 6.92. The van der Waals surface area contributed by atoms with Crippen LogP contribution in [0.5, 0.6) is 5.75 Å². The summed E-state index contributed by atoms with van der Waals surface area (Å²) in [5.41, 5.74) is 1.52. The Morgan fingerprint density at radius 1 is 1.15 bits per heavy atom. The van der Waals surface area contributed by atoms with E-state index in [0.717, 1.165) is 17.0 Å². The lowest BCUT2D eigenvalue weighted by Gasteiger charge is -2.43. The summed E-state index contributed by atoms with van der Waals surface area (Å²) in [6, 6.07) is 17.9. The number of benzene rings is 2. The van der Waals surface area contributed by atoms with E-state index in [9.17, 15) is 5.11 Å². The van der Waals surface area contributed by atoms with Crippen molar-refractivity contribution in [2.24, 2.45) is 5.92 Å². The Hall–Kier alpha value is -2.00. The quantitative estimate of drug-likeness (QED) is 0.900. The van der Waals surface area contributed by atoms with Crippen molar-refractivity contribution in [3.63, 3.8) is 0 Å². The minimum absolute atomic E-state index is 0.0312. The molecule has 1 aliphatic heterocycles. The van der Waals surface area contributed by atoms with Crippen molar-refractivity contribution in [1.29, 1.82) is 0 Å². The lowest BCUT2D eigenvalue weighted by molar-refractivity contribution is 0.0995. The summed E-state index contributed by atoms with van der Waals surface area (Å²) in [4.78, 5) is 0. The van der Waals surface area contributed by atoms with Gasteiger partial charge < -0.3 is 15.2 Å². The lowest BCUT2D eigenvalue weighted by Crippen LogP contribution is -2.49. The van der Waals surface area contributed by atoms with Crippen LogP contribution in [0.1, 0.15) is 12.5 Å². The second kappa shape index (κ2) is 5.17. The molecule has 0 spiro atoms. The molecule has 0 fully saturated rings. The summed E-state index contributed by atoms with van der Waals surface area (Å²) in [6.07, 6.45) is 0. The minimum atomic E-state index is -0.504. The van der Waals surface area contributed by atoms with Gasteiger partial charge in [-0.15, -0.1) is 0 Å². The fourth-order valence-corrected chi connectivity index (χ4v) is 2.83. The van der Waals surface area contributed by atoms with Crippen molar-refractivity contribution in [2.45, 2.75) is 12.5 Å². The maximum atomic E-state index is 10.1. The molecule has 1 heterocycles. The van der Waals surface area contributed by atoms with Crippen molar-refractivity contribution < 1.29 is 9.84 Å². The van der Waals surface area contributed by atoms with Crippen LogP contribution in [0, 0.1) is 5.92 Å². The van der Waals surface area contributed by atoms with Gasteiger partial charge in [0.1, 0.15) is 5.75 Å². The molecule has 0 bridgehead atoms. The van der Waals surface area contributed by atoms with Gasteiger partial charge in [0.05, 0.1) is 18.8 Å². The summed E-state index contributed by atoms with van der Waals surface area (Å²) < 4.78 is 5.78. The molecule has 2 aromatic carbocycles. The molecule has 0 radical (unpaired) electrons. The predicted molar refractivity (Wildman–Crippen MR) is 79.9 cm³/mol. The molecule has 2 atom stereocenters. The number of fused-ring (bicyclic) bond motifs is 1. The molecule has 2 N–H and O–H groups in total. The normalized spacial score (nSPS) is 24.6. The van der Waals surface area contributed by atoms with Crippen molar-refractivity contribution in [3.8, 4) is 5.75 Å². The van der Waals surface area contributed by atoms with Gasteiger partial charge in [-0.05, 0) is 18.2 Å². The minimum Gasteiger partial charge on any atom is -0.493 e. The SMILES string of the molecule is CC1COc2ccccc2C1(CO)Nc1ccccc1. The van der Waals surface area contributed by atoms with Gasteiger partial charge in [0, 0.05) is 17.2 Å². The van der Waals surface area contributed by atoms with E-state index in [1.54, 1.807) is 0 Å². The number of aliphatic hydroxyl groups is 1. The maximum absolute atomic E-state index is 10.1. The summed E-state index contributed by atoms with van der Waals surface area (Å²) in [5.74, 6) is 1.02. The number of nitrogens with one attached hydrogen (secondary N) is 1. The van der Waals surface area contributed by atoms with E-state index < -0.39 is 5.54 Å². The highest BCUT2D eigenvalue weighted by Crippen LogP contribution is 2.42. The van der Waals surface area contributed by atoms with Crippen LogP contribution in [-0.2, 0) is 5.54 Å². The zero-order valence-electron chi connectivity index (χ0n) is 11.5. The number of anilines is 1. The molecule has 20 heavy (non-hydrogen) atoms. The Bertz CT molecular complexity index is 585. The highest BCUT2D eigenvalue weighted by molar-refractivity contribution is 5.52. The molecular weight excluding hydrogens is 250 g/mol. The number of ether oxygens (including phenoxy) is 1. The molecule has 104 valence electrons. The third-order valence-corrected chi connectivity index (χ3v) is 4.09. The fourth-order valence-electron chi connectivity index (χ4n) is 2.83. The Morgan fingerprint density at radius 2 is 1.85 bits per heavy atom. The van der Waals surface area contributed by atoms with Crippen molar-refractivity contribution in [3.05, 3.63) is 60.2 Å². The van der Waals surface area contributed by atoms with Crippen LogP contribution < -0.4 is 10.1 Å². The zero-order valence-corrected chi connectivity index (χ0v) is 11.5. The van der Waals surface area contributed by atoms with Gasteiger partial charge in [-0.25, -0.2) is 0 Å². The molecule has 2 unspecified atom stereocenters. The lowest BCUT2D eigenvalue weighted by atomic mass is 9.77. The van der Waals surface area contributed by atoms with Gasteiger partial charge in [-0.3, -0.25) is 0 Å². The monoisotopic (exact) mass is 269 g/mol. The second-order valence-electron chi connectivity index (χ2n) is 5.33. The maximum Gasteiger partial charge on any atom is 0.124 e. The largest absolute Gasteiger partial charge is 0.493 e. The average molecular weight is 269 g/mol. The first kappa shape index (κ1) is 13.0. The fraction of sp³-hybridized carbons (Fsp3) is 0.294. The average Bonchev–Trinajstić information content (AvgIpc) is 2.51. The highest BCUT2D eigenvalue weighted by atomic mass is 16.5. The first-order valence-electron chi connectivity index (χ1n) is 6.92. The molecule has 0 amide bonds. The topological polar surface area (TPSA) is 41.5 Å². The zero-order chi connectivity index (χ0) is 14.0. The van der Waals surface area contributed by atoms with Gasteiger partial charge in [0.25, 0.3) is 0 Å². The third kappa shape index (κ3) is 2.04. The molecule has 2 aromatic rings. The van der Waals surface area contributed by atoms with E-state index in [0.29, 0.717) is 6.61 Å². The smallest absolute Gasteiger partial charge is 0.124 e.